The van der Waals surface area contributed by atoms with Crippen LogP contribution in [0.5, 0.6) is 0 Å². The van der Waals surface area contributed by atoms with Gasteiger partial charge in [-0.1, -0.05) is 13.8 Å². The normalized spacial score (nSPS) is 16.4. The molecule has 1 unspecified atom stereocenters. The van der Waals surface area contributed by atoms with Gasteiger partial charge in [0.25, 0.3) is 5.91 Å². The molecule has 1 heterocycles. The summed E-state index contributed by atoms with van der Waals surface area (Å²) in [6, 6.07) is 1.61. The van der Waals surface area contributed by atoms with Crippen LogP contribution in [0.3, 0.4) is 0 Å². The summed E-state index contributed by atoms with van der Waals surface area (Å²) in [6.45, 7) is 4.12. The van der Waals surface area contributed by atoms with Crippen molar-refractivity contribution in [3.63, 3.8) is 0 Å². The van der Waals surface area contributed by atoms with Gasteiger partial charge in [-0.2, -0.15) is 0 Å². The highest BCUT2D eigenvalue weighted by Crippen LogP contribution is 2.37. The van der Waals surface area contributed by atoms with Crippen LogP contribution in [0.4, 0.5) is 0 Å². The van der Waals surface area contributed by atoms with Gasteiger partial charge in [-0.25, -0.2) is 9.97 Å². The van der Waals surface area contributed by atoms with Crippen molar-refractivity contribution in [2.45, 2.75) is 45.1 Å². The Labute approximate surface area is 113 Å². The molecule has 0 spiro atoms. The molecule has 5 nitrogen and oxygen atoms in total. The van der Waals surface area contributed by atoms with E-state index in [0.29, 0.717) is 18.0 Å². The smallest absolute Gasteiger partial charge is 0.270 e. The second-order valence-corrected chi connectivity index (χ2v) is 5.41. The molecular weight excluding hydrogens is 242 g/mol. The quantitative estimate of drug-likeness (QED) is 0.815. The lowest BCUT2D eigenvalue weighted by Crippen LogP contribution is -2.39. The van der Waals surface area contributed by atoms with Crippen LogP contribution in [0, 0.1) is 5.92 Å². The van der Waals surface area contributed by atoms with Crippen molar-refractivity contribution in [1.29, 1.82) is 0 Å². The Morgan fingerprint density at radius 1 is 1.53 bits per heavy atom. The molecule has 5 heteroatoms. The topological polar surface area (TPSA) is 75.1 Å². The largest absolute Gasteiger partial charge is 0.396 e. The van der Waals surface area contributed by atoms with Gasteiger partial charge < -0.3 is 10.4 Å². The zero-order valence-corrected chi connectivity index (χ0v) is 11.5. The van der Waals surface area contributed by atoms with E-state index >= 15 is 0 Å². The SMILES string of the molecule is CC(C)C(CCO)NC(=O)c1ccnc(C2CC2)n1. The fraction of sp³-hybridized carbons (Fsp3) is 0.643. The highest BCUT2D eigenvalue weighted by Gasteiger charge is 2.27. The van der Waals surface area contributed by atoms with Gasteiger partial charge in [-0.05, 0) is 31.2 Å². The zero-order chi connectivity index (χ0) is 13.8. The summed E-state index contributed by atoms with van der Waals surface area (Å²) < 4.78 is 0. The fourth-order valence-corrected chi connectivity index (χ4v) is 1.99. The minimum atomic E-state index is -0.184. The number of hydrogen-bond donors (Lipinski definition) is 2. The monoisotopic (exact) mass is 263 g/mol. The van der Waals surface area contributed by atoms with Crippen LogP contribution in [0.25, 0.3) is 0 Å². The molecule has 0 aromatic carbocycles. The lowest BCUT2D eigenvalue weighted by atomic mass is 10.0. The molecule has 0 aliphatic heterocycles. The van der Waals surface area contributed by atoms with Crippen molar-refractivity contribution in [2.24, 2.45) is 5.92 Å². The lowest BCUT2D eigenvalue weighted by Gasteiger charge is -2.21. The first-order valence-electron chi connectivity index (χ1n) is 6.86. The Morgan fingerprint density at radius 3 is 2.84 bits per heavy atom. The number of hydrogen-bond acceptors (Lipinski definition) is 4. The summed E-state index contributed by atoms with van der Waals surface area (Å²) in [4.78, 5) is 20.7. The molecule has 1 aliphatic rings. The van der Waals surface area contributed by atoms with Crippen LogP contribution in [0.1, 0.15) is 55.3 Å². The third-order valence-electron chi connectivity index (χ3n) is 3.41. The number of carbonyl (C=O) groups excluding carboxylic acids is 1. The van der Waals surface area contributed by atoms with E-state index in [1.54, 1.807) is 12.3 Å². The van der Waals surface area contributed by atoms with Gasteiger partial charge in [0, 0.05) is 24.8 Å². The lowest BCUT2D eigenvalue weighted by molar-refractivity contribution is 0.0911. The van der Waals surface area contributed by atoms with Gasteiger partial charge >= 0.3 is 0 Å². The molecule has 1 aromatic heterocycles. The average molecular weight is 263 g/mol. The van der Waals surface area contributed by atoms with Gasteiger partial charge in [0.05, 0.1) is 0 Å². The predicted molar refractivity (Wildman–Crippen MR) is 71.8 cm³/mol. The molecule has 1 saturated carbocycles. The van der Waals surface area contributed by atoms with Gasteiger partial charge in [0.15, 0.2) is 0 Å². The standard InChI is InChI=1S/C14H21N3O2/c1-9(2)11(6-8-18)17-14(19)12-5-7-15-13(16-12)10-3-4-10/h5,7,9-11,18H,3-4,6,8H2,1-2H3,(H,17,19). The molecule has 0 bridgehead atoms. The second-order valence-electron chi connectivity index (χ2n) is 5.41. The van der Waals surface area contributed by atoms with Crippen molar-refractivity contribution >= 4 is 5.91 Å². The van der Waals surface area contributed by atoms with E-state index in [0.717, 1.165) is 18.7 Å². The summed E-state index contributed by atoms with van der Waals surface area (Å²) in [5.41, 5.74) is 0.417. The van der Waals surface area contributed by atoms with Crippen LogP contribution >= 0.6 is 0 Å². The average Bonchev–Trinajstić information content (AvgIpc) is 3.22. The Kier molecular flexibility index (Phi) is 4.47. The van der Waals surface area contributed by atoms with Crippen LogP contribution < -0.4 is 5.32 Å². The molecule has 0 radical (unpaired) electrons. The first kappa shape index (κ1) is 13.9. The summed E-state index contributed by atoms with van der Waals surface area (Å²) in [6.07, 6.45) is 4.43. The van der Waals surface area contributed by atoms with Crippen molar-refractivity contribution in [3.05, 3.63) is 23.8 Å². The van der Waals surface area contributed by atoms with Crippen LogP contribution in [0.2, 0.25) is 0 Å². The number of carbonyl (C=O) groups is 1. The van der Waals surface area contributed by atoms with Gasteiger partial charge in [-0.15, -0.1) is 0 Å². The van der Waals surface area contributed by atoms with E-state index in [9.17, 15) is 4.79 Å². The molecule has 2 N–H and O–H groups in total. The summed E-state index contributed by atoms with van der Waals surface area (Å²) in [5.74, 6) is 1.30. The van der Waals surface area contributed by atoms with E-state index in [1.165, 1.54) is 0 Å². The summed E-state index contributed by atoms with van der Waals surface area (Å²) in [7, 11) is 0. The number of aliphatic hydroxyl groups is 1. The minimum Gasteiger partial charge on any atom is -0.396 e. The molecule has 104 valence electrons. The Balaban J connectivity index is 2.03. The van der Waals surface area contributed by atoms with Crippen LogP contribution in [-0.4, -0.2) is 33.6 Å². The van der Waals surface area contributed by atoms with Crippen molar-refractivity contribution in [1.82, 2.24) is 15.3 Å². The van der Waals surface area contributed by atoms with Crippen LogP contribution in [0.15, 0.2) is 12.3 Å². The molecule has 0 saturated heterocycles. The molecule has 19 heavy (non-hydrogen) atoms. The molecule has 1 aromatic rings. The molecular formula is C14H21N3O2. The highest BCUT2D eigenvalue weighted by atomic mass is 16.3. The van der Waals surface area contributed by atoms with E-state index in [-0.39, 0.29) is 24.5 Å². The number of nitrogens with zero attached hydrogens (tertiary/aromatic N) is 2. The molecule has 1 fully saturated rings. The number of aliphatic hydroxyl groups excluding tert-OH is 1. The van der Waals surface area contributed by atoms with E-state index in [2.05, 4.69) is 15.3 Å². The highest BCUT2D eigenvalue weighted by molar-refractivity contribution is 5.92. The third-order valence-corrected chi connectivity index (χ3v) is 3.41. The fourth-order valence-electron chi connectivity index (χ4n) is 1.99. The number of aromatic nitrogens is 2. The summed E-state index contributed by atoms with van der Waals surface area (Å²) in [5, 5.41) is 11.9. The second kappa shape index (κ2) is 6.10. The number of amides is 1. The molecule has 1 aliphatic carbocycles. The maximum atomic E-state index is 12.1. The van der Waals surface area contributed by atoms with E-state index in [4.69, 9.17) is 5.11 Å². The van der Waals surface area contributed by atoms with Crippen molar-refractivity contribution in [3.8, 4) is 0 Å². The van der Waals surface area contributed by atoms with Crippen molar-refractivity contribution < 1.29 is 9.90 Å². The molecule has 1 atom stereocenters. The predicted octanol–water partition coefficient (Wildman–Crippen LogP) is 1.49. The van der Waals surface area contributed by atoms with Crippen molar-refractivity contribution in [2.75, 3.05) is 6.61 Å². The maximum Gasteiger partial charge on any atom is 0.270 e. The number of nitrogens with one attached hydrogen (secondary N) is 1. The first-order chi connectivity index (χ1) is 9.11. The molecule has 2 rings (SSSR count). The Hall–Kier alpha value is -1.49. The maximum absolute atomic E-state index is 12.1. The van der Waals surface area contributed by atoms with Crippen LogP contribution in [-0.2, 0) is 0 Å². The van der Waals surface area contributed by atoms with E-state index < -0.39 is 0 Å². The molecule has 1 amide bonds. The van der Waals surface area contributed by atoms with Gasteiger partial charge in [0.1, 0.15) is 11.5 Å². The number of rotatable bonds is 6. The van der Waals surface area contributed by atoms with E-state index in [1.807, 2.05) is 13.8 Å². The summed E-state index contributed by atoms with van der Waals surface area (Å²) >= 11 is 0. The third kappa shape index (κ3) is 3.73. The first-order valence-corrected chi connectivity index (χ1v) is 6.86. The Bertz CT molecular complexity index is 444. The zero-order valence-electron chi connectivity index (χ0n) is 11.5. The Morgan fingerprint density at radius 2 is 2.26 bits per heavy atom. The minimum absolute atomic E-state index is 0.0307. The van der Waals surface area contributed by atoms with Gasteiger partial charge in [-0.3, -0.25) is 4.79 Å². The van der Waals surface area contributed by atoms with Gasteiger partial charge in [0.2, 0.25) is 0 Å².